The number of H-pyrrole nitrogens is 1. The van der Waals surface area contributed by atoms with Gasteiger partial charge in [0.2, 0.25) is 0 Å². The highest BCUT2D eigenvalue weighted by Gasteiger charge is 2.16. The average Bonchev–Trinajstić information content (AvgIpc) is 2.90. The van der Waals surface area contributed by atoms with Crippen molar-refractivity contribution in [3.05, 3.63) is 69.8 Å². The molecule has 96 valence electrons. The zero-order valence-corrected chi connectivity index (χ0v) is 11.9. The van der Waals surface area contributed by atoms with Crippen LogP contribution in [0.5, 0.6) is 0 Å². The molecule has 1 heterocycles. The van der Waals surface area contributed by atoms with Crippen LogP contribution in [0.15, 0.2) is 53.1 Å². The summed E-state index contributed by atoms with van der Waals surface area (Å²) in [6.07, 6.45) is 1.66. The van der Waals surface area contributed by atoms with Crippen molar-refractivity contribution in [2.24, 2.45) is 0 Å². The van der Waals surface area contributed by atoms with E-state index in [1.54, 1.807) is 30.5 Å². The second-order valence-electron chi connectivity index (χ2n) is 4.38. The number of nitrogens with zero attached hydrogens (tertiary/aromatic N) is 1. The Morgan fingerprint density at radius 1 is 1.20 bits per heavy atom. The number of aromatic amines is 1. The Balaban J connectivity index is 2.21. The van der Waals surface area contributed by atoms with Crippen LogP contribution in [0.25, 0.3) is 10.9 Å². The molecule has 20 heavy (non-hydrogen) atoms. The van der Waals surface area contributed by atoms with E-state index in [0.717, 1.165) is 9.99 Å². The maximum atomic E-state index is 12.6. The highest BCUT2D eigenvalue weighted by Crippen LogP contribution is 2.25. The van der Waals surface area contributed by atoms with E-state index in [2.05, 4.69) is 27.0 Å². The normalized spacial score (nSPS) is 10.4. The Bertz CT molecular complexity index is 858. The minimum absolute atomic E-state index is 0.0970. The van der Waals surface area contributed by atoms with Crippen LogP contribution >= 0.6 is 15.9 Å². The van der Waals surface area contributed by atoms with Gasteiger partial charge < -0.3 is 4.98 Å². The molecule has 3 rings (SSSR count). The van der Waals surface area contributed by atoms with Gasteiger partial charge in [-0.05, 0) is 24.3 Å². The van der Waals surface area contributed by atoms with Crippen molar-refractivity contribution in [2.45, 2.75) is 0 Å². The summed E-state index contributed by atoms with van der Waals surface area (Å²) < 4.78 is 0.851. The van der Waals surface area contributed by atoms with Gasteiger partial charge in [0.25, 0.3) is 0 Å². The van der Waals surface area contributed by atoms with E-state index < -0.39 is 0 Å². The van der Waals surface area contributed by atoms with Gasteiger partial charge in [-0.1, -0.05) is 34.1 Å². The van der Waals surface area contributed by atoms with Crippen molar-refractivity contribution >= 4 is 32.6 Å². The van der Waals surface area contributed by atoms with Crippen molar-refractivity contribution in [1.82, 2.24) is 4.98 Å². The average molecular weight is 325 g/mol. The van der Waals surface area contributed by atoms with E-state index in [-0.39, 0.29) is 5.78 Å². The number of hydrogen-bond acceptors (Lipinski definition) is 2. The minimum Gasteiger partial charge on any atom is -0.360 e. The summed E-state index contributed by atoms with van der Waals surface area (Å²) in [6, 6.07) is 14.7. The Labute approximate surface area is 124 Å². The Morgan fingerprint density at radius 3 is 2.75 bits per heavy atom. The van der Waals surface area contributed by atoms with Crippen molar-refractivity contribution in [3.8, 4) is 6.07 Å². The quantitative estimate of drug-likeness (QED) is 0.723. The molecule has 0 radical (unpaired) electrons. The third kappa shape index (κ3) is 2.02. The number of carbonyl (C=O) groups is 1. The first-order valence-corrected chi connectivity index (χ1v) is 6.80. The summed E-state index contributed by atoms with van der Waals surface area (Å²) in [7, 11) is 0. The molecular formula is C16H9BrN2O. The fourth-order valence-corrected chi connectivity index (χ4v) is 2.64. The summed E-state index contributed by atoms with van der Waals surface area (Å²) >= 11 is 3.36. The number of hydrogen-bond donors (Lipinski definition) is 1. The smallest absolute Gasteiger partial charge is 0.195 e. The van der Waals surface area contributed by atoms with Gasteiger partial charge in [0.05, 0.1) is 11.6 Å². The molecule has 0 bridgehead atoms. The summed E-state index contributed by atoms with van der Waals surface area (Å²) in [6.45, 7) is 0. The zero-order chi connectivity index (χ0) is 14.1. The van der Waals surface area contributed by atoms with Crippen LogP contribution in [0.1, 0.15) is 21.5 Å². The molecule has 0 aliphatic rings. The third-order valence-electron chi connectivity index (χ3n) is 3.16. The Hall–Kier alpha value is -2.38. The van der Waals surface area contributed by atoms with Gasteiger partial charge in [0.1, 0.15) is 0 Å². The standard InChI is InChI=1S/C16H9BrN2O/c17-12-5-1-3-10(7-12)16(20)13-9-19-14-6-2-4-11(8-18)15(13)14/h1-7,9,19H. The van der Waals surface area contributed by atoms with Crippen LogP contribution in [0.3, 0.4) is 0 Å². The molecule has 1 aromatic heterocycles. The fourth-order valence-electron chi connectivity index (χ4n) is 2.24. The Kier molecular flexibility index (Phi) is 3.13. The van der Waals surface area contributed by atoms with Crippen molar-refractivity contribution in [1.29, 1.82) is 5.26 Å². The van der Waals surface area contributed by atoms with Crippen LogP contribution in [0.2, 0.25) is 0 Å². The van der Waals surface area contributed by atoms with Gasteiger partial charge in [0.15, 0.2) is 5.78 Å². The number of fused-ring (bicyclic) bond motifs is 1. The predicted molar refractivity (Wildman–Crippen MR) is 80.6 cm³/mol. The number of nitriles is 1. The topological polar surface area (TPSA) is 56.6 Å². The second-order valence-corrected chi connectivity index (χ2v) is 5.30. The number of rotatable bonds is 2. The molecule has 0 unspecified atom stereocenters. The van der Waals surface area contributed by atoms with Gasteiger partial charge in [-0.2, -0.15) is 5.26 Å². The van der Waals surface area contributed by atoms with E-state index >= 15 is 0 Å². The molecule has 0 aliphatic carbocycles. The number of nitrogens with one attached hydrogen (secondary N) is 1. The Morgan fingerprint density at radius 2 is 2.00 bits per heavy atom. The second kappa shape index (κ2) is 4.95. The van der Waals surface area contributed by atoms with Crippen molar-refractivity contribution in [3.63, 3.8) is 0 Å². The maximum absolute atomic E-state index is 12.6. The molecule has 0 spiro atoms. The maximum Gasteiger partial charge on any atom is 0.195 e. The summed E-state index contributed by atoms with van der Waals surface area (Å²) in [4.78, 5) is 15.6. The SMILES string of the molecule is N#Cc1cccc2[nH]cc(C(=O)c3cccc(Br)c3)c12. The summed E-state index contributed by atoms with van der Waals surface area (Å²) in [5.74, 6) is -0.0970. The van der Waals surface area contributed by atoms with Crippen LogP contribution < -0.4 is 0 Å². The van der Waals surface area contributed by atoms with Crippen molar-refractivity contribution in [2.75, 3.05) is 0 Å². The number of benzene rings is 2. The van der Waals surface area contributed by atoms with Crippen LogP contribution in [-0.2, 0) is 0 Å². The van der Waals surface area contributed by atoms with Crippen LogP contribution in [0, 0.1) is 11.3 Å². The van der Waals surface area contributed by atoms with Gasteiger partial charge in [-0.3, -0.25) is 4.79 Å². The molecule has 0 atom stereocenters. The number of halogens is 1. The van der Waals surface area contributed by atoms with E-state index in [9.17, 15) is 10.1 Å². The van der Waals surface area contributed by atoms with E-state index in [1.165, 1.54) is 0 Å². The molecular weight excluding hydrogens is 316 g/mol. The molecule has 4 heteroatoms. The third-order valence-corrected chi connectivity index (χ3v) is 3.65. The highest BCUT2D eigenvalue weighted by atomic mass is 79.9. The fraction of sp³-hybridized carbons (Fsp3) is 0. The largest absolute Gasteiger partial charge is 0.360 e. The zero-order valence-electron chi connectivity index (χ0n) is 10.4. The summed E-state index contributed by atoms with van der Waals surface area (Å²) in [5.41, 5.74) is 2.41. The first-order valence-electron chi connectivity index (χ1n) is 6.01. The molecule has 0 aliphatic heterocycles. The lowest BCUT2D eigenvalue weighted by molar-refractivity contribution is 0.104. The first kappa shape index (κ1) is 12.6. The molecule has 3 aromatic rings. The van der Waals surface area contributed by atoms with Gasteiger partial charge in [0, 0.05) is 32.7 Å². The van der Waals surface area contributed by atoms with Crippen molar-refractivity contribution < 1.29 is 4.79 Å². The first-order chi connectivity index (χ1) is 9.70. The molecule has 0 fully saturated rings. The number of aromatic nitrogens is 1. The predicted octanol–water partition coefficient (Wildman–Crippen LogP) is 4.03. The molecule has 0 amide bonds. The molecule has 2 aromatic carbocycles. The van der Waals surface area contributed by atoms with E-state index in [0.29, 0.717) is 22.1 Å². The molecule has 0 saturated heterocycles. The van der Waals surface area contributed by atoms with E-state index in [1.807, 2.05) is 18.2 Å². The highest BCUT2D eigenvalue weighted by molar-refractivity contribution is 9.10. The monoisotopic (exact) mass is 324 g/mol. The lowest BCUT2D eigenvalue weighted by Crippen LogP contribution is -2.00. The molecule has 3 nitrogen and oxygen atoms in total. The molecule has 1 N–H and O–H groups in total. The summed E-state index contributed by atoms with van der Waals surface area (Å²) in [5, 5.41) is 9.87. The van der Waals surface area contributed by atoms with Crippen LogP contribution in [-0.4, -0.2) is 10.8 Å². The van der Waals surface area contributed by atoms with Gasteiger partial charge in [-0.15, -0.1) is 0 Å². The number of carbonyl (C=O) groups excluding carboxylic acids is 1. The lowest BCUT2D eigenvalue weighted by Gasteiger charge is -2.01. The van der Waals surface area contributed by atoms with Gasteiger partial charge >= 0.3 is 0 Å². The lowest BCUT2D eigenvalue weighted by atomic mass is 10.00. The van der Waals surface area contributed by atoms with Crippen LogP contribution in [0.4, 0.5) is 0 Å². The molecule has 0 saturated carbocycles. The number of ketones is 1. The van der Waals surface area contributed by atoms with Gasteiger partial charge in [-0.25, -0.2) is 0 Å². The van der Waals surface area contributed by atoms with E-state index in [4.69, 9.17) is 0 Å². The minimum atomic E-state index is -0.0970.